The molecule has 1 aromatic heterocycles. The van der Waals surface area contributed by atoms with Crippen molar-refractivity contribution in [2.45, 2.75) is 31.7 Å². The number of thiophene rings is 1. The Bertz CT molecular complexity index is 502. The molecule has 1 saturated heterocycles. The maximum atomic E-state index is 12.6. The van der Waals surface area contributed by atoms with E-state index in [1.165, 1.54) is 13.5 Å². The van der Waals surface area contributed by atoms with Crippen LogP contribution in [0.5, 0.6) is 0 Å². The summed E-state index contributed by atoms with van der Waals surface area (Å²) in [5.74, 6) is 0. The monoisotopic (exact) mass is 318 g/mol. The molecule has 0 aromatic carbocycles. The Labute approximate surface area is 125 Å². The van der Waals surface area contributed by atoms with Gasteiger partial charge in [0, 0.05) is 31.1 Å². The van der Waals surface area contributed by atoms with Gasteiger partial charge in [-0.05, 0) is 30.7 Å². The van der Waals surface area contributed by atoms with Crippen molar-refractivity contribution < 1.29 is 13.5 Å². The van der Waals surface area contributed by atoms with Crippen molar-refractivity contribution in [3.05, 3.63) is 22.4 Å². The number of aliphatic hydroxyl groups excluding tert-OH is 1. The summed E-state index contributed by atoms with van der Waals surface area (Å²) in [5, 5.41) is 11.4. The fourth-order valence-electron chi connectivity index (χ4n) is 2.48. The summed E-state index contributed by atoms with van der Waals surface area (Å²) in [7, 11) is -1.85. The minimum atomic E-state index is -3.47. The van der Waals surface area contributed by atoms with E-state index in [-0.39, 0.29) is 12.6 Å². The minimum Gasteiger partial charge on any atom is -0.395 e. The van der Waals surface area contributed by atoms with Crippen LogP contribution in [0.15, 0.2) is 17.5 Å². The third-order valence-electron chi connectivity index (χ3n) is 3.73. The van der Waals surface area contributed by atoms with Gasteiger partial charge >= 0.3 is 0 Å². The van der Waals surface area contributed by atoms with Crippen LogP contribution >= 0.6 is 11.3 Å². The van der Waals surface area contributed by atoms with Gasteiger partial charge in [0.15, 0.2) is 0 Å². The molecule has 0 spiro atoms. The normalized spacial score (nSPS) is 21.4. The molecule has 0 aliphatic carbocycles. The molecule has 2 heterocycles. The van der Waals surface area contributed by atoms with Crippen molar-refractivity contribution in [1.82, 2.24) is 8.61 Å². The molecule has 1 aliphatic heterocycles. The van der Waals surface area contributed by atoms with E-state index in [2.05, 4.69) is 0 Å². The third kappa shape index (κ3) is 3.59. The molecule has 1 fully saturated rings. The lowest BCUT2D eigenvalue weighted by atomic mass is 10.1. The summed E-state index contributed by atoms with van der Waals surface area (Å²) in [6, 6.07) is 3.72. The van der Waals surface area contributed by atoms with E-state index >= 15 is 0 Å². The Morgan fingerprint density at radius 1 is 1.50 bits per heavy atom. The van der Waals surface area contributed by atoms with Crippen LogP contribution in [0, 0.1) is 0 Å². The zero-order chi connectivity index (χ0) is 14.6. The molecule has 7 heteroatoms. The highest BCUT2D eigenvalue weighted by molar-refractivity contribution is 7.86. The second-order valence-corrected chi connectivity index (χ2v) is 8.12. The molecule has 0 bridgehead atoms. The lowest BCUT2D eigenvalue weighted by Crippen LogP contribution is -2.51. The lowest BCUT2D eigenvalue weighted by Gasteiger charge is -2.36. The maximum Gasteiger partial charge on any atom is 0.282 e. The molecule has 20 heavy (non-hydrogen) atoms. The van der Waals surface area contributed by atoms with Crippen LogP contribution in [0.2, 0.25) is 0 Å². The van der Waals surface area contributed by atoms with E-state index < -0.39 is 10.2 Å². The highest BCUT2D eigenvalue weighted by Gasteiger charge is 2.34. The van der Waals surface area contributed by atoms with Gasteiger partial charge in [0.05, 0.1) is 6.61 Å². The first kappa shape index (κ1) is 15.9. The zero-order valence-electron chi connectivity index (χ0n) is 11.7. The van der Waals surface area contributed by atoms with Gasteiger partial charge in [-0.1, -0.05) is 12.5 Å². The SMILES string of the molecule is CN(CCc1cccs1)S(=O)(=O)N1CCCCC1CO. The zero-order valence-corrected chi connectivity index (χ0v) is 13.4. The minimum absolute atomic E-state index is 0.0992. The third-order valence-corrected chi connectivity index (χ3v) is 6.71. The van der Waals surface area contributed by atoms with E-state index in [1.807, 2.05) is 17.5 Å². The number of hydrogen-bond acceptors (Lipinski definition) is 4. The number of rotatable bonds is 6. The topological polar surface area (TPSA) is 60.9 Å². The van der Waals surface area contributed by atoms with Crippen LogP contribution in [0.25, 0.3) is 0 Å². The van der Waals surface area contributed by atoms with Crippen LogP contribution in [-0.4, -0.2) is 54.9 Å². The van der Waals surface area contributed by atoms with Crippen molar-refractivity contribution in [3.63, 3.8) is 0 Å². The van der Waals surface area contributed by atoms with Gasteiger partial charge in [-0.15, -0.1) is 11.3 Å². The van der Waals surface area contributed by atoms with Gasteiger partial charge in [-0.3, -0.25) is 0 Å². The maximum absolute atomic E-state index is 12.6. The average Bonchev–Trinajstić information content (AvgIpc) is 2.97. The van der Waals surface area contributed by atoms with Crippen molar-refractivity contribution >= 4 is 21.5 Å². The van der Waals surface area contributed by atoms with Crippen LogP contribution in [0.3, 0.4) is 0 Å². The van der Waals surface area contributed by atoms with Gasteiger partial charge in [0.1, 0.15) is 0 Å². The average molecular weight is 318 g/mol. The van der Waals surface area contributed by atoms with Crippen molar-refractivity contribution in [2.75, 3.05) is 26.7 Å². The van der Waals surface area contributed by atoms with Crippen LogP contribution in [-0.2, 0) is 16.6 Å². The summed E-state index contributed by atoms with van der Waals surface area (Å²) < 4.78 is 28.0. The molecular weight excluding hydrogens is 296 g/mol. The highest BCUT2D eigenvalue weighted by Crippen LogP contribution is 2.22. The number of likely N-dealkylation sites (N-methyl/N-ethyl adjacent to an activating group) is 1. The predicted octanol–water partition coefficient (Wildman–Crippen LogP) is 1.31. The fourth-order valence-corrected chi connectivity index (χ4v) is 4.76. The molecule has 5 nitrogen and oxygen atoms in total. The molecule has 1 atom stereocenters. The van der Waals surface area contributed by atoms with E-state index in [9.17, 15) is 13.5 Å². The molecule has 1 unspecified atom stereocenters. The first-order chi connectivity index (χ1) is 9.55. The quantitative estimate of drug-likeness (QED) is 0.860. The molecule has 0 radical (unpaired) electrons. The Kier molecular flexibility index (Phi) is 5.57. The Morgan fingerprint density at radius 3 is 2.95 bits per heavy atom. The Hall–Kier alpha value is -0.470. The predicted molar refractivity (Wildman–Crippen MR) is 81.0 cm³/mol. The second-order valence-electron chi connectivity index (χ2n) is 5.10. The van der Waals surface area contributed by atoms with Gasteiger partial charge < -0.3 is 5.11 Å². The van der Waals surface area contributed by atoms with Gasteiger partial charge in [0.2, 0.25) is 0 Å². The first-order valence-corrected chi connectivity index (χ1v) is 9.19. The van der Waals surface area contributed by atoms with Crippen LogP contribution in [0.1, 0.15) is 24.1 Å². The molecular formula is C13H22N2O3S2. The van der Waals surface area contributed by atoms with E-state index in [0.29, 0.717) is 13.1 Å². The molecule has 1 aliphatic rings. The standard InChI is InChI=1S/C13H22N2O3S2/c1-14(9-7-13-6-4-10-19-13)20(17,18)15-8-3-2-5-12(15)11-16/h4,6,10,12,16H,2-3,5,7-9,11H2,1H3. The van der Waals surface area contributed by atoms with Crippen molar-refractivity contribution in [2.24, 2.45) is 0 Å². The van der Waals surface area contributed by atoms with Crippen molar-refractivity contribution in [3.8, 4) is 0 Å². The van der Waals surface area contributed by atoms with E-state index in [0.717, 1.165) is 25.7 Å². The summed E-state index contributed by atoms with van der Waals surface area (Å²) in [6.07, 6.45) is 3.32. The van der Waals surface area contributed by atoms with E-state index in [1.54, 1.807) is 18.4 Å². The lowest BCUT2D eigenvalue weighted by molar-refractivity contribution is 0.149. The van der Waals surface area contributed by atoms with E-state index in [4.69, 9.17) is 0 Å². The number of piperidine rings is 1. The molecule has 1 aromatic rings. The summed E-state index contributed by atoms with van der Waals surface area (Å²) in [4.78, 5) is 1.18. The number of hydrogen-bond donors (Lipinski definition) is 1. The summed E-state index contributed by atoms with van der Waals surface area (Å²) in [6.45, 7) is 0.881. The first-order valence-electron chi connectivity index (χ1n) is 6.92. The second kappa shape index (κ2) is 7.00. The van der Waals surface area contributed by atoms with Gasteiger partial charge in [0.25, 0.3) is 10.2 Å². The largest absolute Gasteiger partial charge is 0.395 e. The summed E-state index contributed by atoms with van der Waals surface area (Å²) >= 11 is 1.64. The van der Waals surface area contributed by atoms with Crippen LogP contribution < -0.4 is 0 Å². The molecule has 114 valence electrons. The Balaban J connectivity index is 2.00. The fraction of sp³-hybridized carbons (Fsp3) is 0.692. The highest BCUT2D eigenvalue weighted by atomic mass is 32.2. The number of nitrogens with zero attached hydrogens (tertiary/aromatic N) is 2. The smallest absolute Gasteiger partial charge is 0.282 e. The van der Waals surface area contributed by atoms with Gasteiger partial charge in [-0.2, -0.15) is 17.0 Å². The van der Waals surface area contributed by atoms with Crippen LogP contribution in [0.4, 0.5) is 0 Å². The molecule has 2 rings (SSSR count). The summed E-state index contributed by atoms with van der Waals surface area (Å²) in [5.41, 5.74) is 0. The van der Waals surface area contributed by atoms with Gasteiger partial charge in [-0.25, -0.2) is 0 Å². The number of aliphatic hydroxyl groups is 1. The Morgan fingerprint density at radius 2 is 2.30 bits per heavy atom. The molecule has 0 saturated carbocycles. The molecule has 1 N–H and O–H groups in total. The van der Waals surface area contributed by atoms with Crippen molar-refractivity contribution in [1.29, 1.82) is 0 Å². The molecule has 0 amide bonds.